The van der Waals surface area contributed by atoms with Crippen molar-refractivity contribution in [1.29, 1.82) is 0 Å². The van der Waals surface area contributed by atoms with E-state index < -0.39 is 5.97 Å². The second kappa shape index (κ2) is 7.75. The van der Waals surface area contributed by atoms with Crippen LogP contribution in [0.1, 0.15) is 54.6 Å². The van der Waals surface area contributed by atoms with Crippen LogP contribution >= 0.6 is 0 Å². The predicted octanol–water partition coefficient (Wildman–Crippen LogP) is 4.69. The van der Waals surface area contributed by atoms with Gasteiger partial charge in [0.2, 0.25) is 0 Å². The van der Waals surface area contributed by atoms with Crippen molar-refractivity contribution >= 4 is 34.0 Å². The summed E-state index contributed by atoms with van der Waals surface area (Å²) in [6.45, 7) is 1.49. The molecule has 0 spiro atoms. The van der Waals surface area contributed by atoms with E-state index in [1.165, 1.54) is 11.4 Å². The Bertz CT molecular complexity index is 1370. The normalized spacial score (nSPS) is 18.8. The zero-order valence-electron chi connectivity index (χ0n) is 17.8. The molecule has 5 rings (SSSR count). The van der Waals surface area contributed by atoms with E-state index in [1.54, 1.807) is 6.20 Å². The highest BCUT2D eigenvalue weighted by Crippen LogP contribution is 2.39. The van der Waals surface area contributed by atoms with Gasteiger partial charge >= 0.3 is 5.97 Å². The lowest BCUT2D eigenvalue weighted by Crippen LogP contribution is -2.23. The Kier molecular flexibility index (Phi) is 4.89. The number of carbonyl (C=O) groups is 2. The molecular formula is C25H24N4O3. The van der Waals surface area contributed by atoms with Gasteiger partial charge in [-0.1, -0.05) is 36.4 Å². The van der Waals surface area contributed by atoms with E-state index in [9.17, 15) is 14.7 Å². The maximum Gasteiger partial charge on any atom is 0.306 e. The second-order valence-corrected chi connectivity index (χ2v) is 8.56. The summed E-state index contributed by atoms with van der Waals surface area (Å²) in [6.07, 6.45) is 4.21. The van der Waals surface area contributed by atoms with Crippen LogP contribution in [-0.4, -0.2) is 31.5 Å². The second-order valence-electron chi connectivity index (χ2n) is 8.56. The summed E-state index contributed by atoms with van der Waals surface area (Å²) in [6, 6.07) is 14.3. The van der Waals surface area contributed by atoms with Crippen molar-refractivity contribution in [1.82, 2.24) is 14.6 Å². The molecule has 7 heteroatoms. The van der Waals surface area contributed by atoms with Crippen LogP contribution in [0.4, 0.5) is 5.82 Å². The summed E-state index contributed by atoms with van der Waals surface area (Å²) < 4.78 is 1.54. The van der Waals surface area contributed by atoms with Gasteiger partial charge in [-0.25, -0.2) is 4.98 Å². The lowest BCUT2D eigenvalue weighted by molar-refractivity contribution is -0.142. The van der Waals surface area contributed by atoms with E-state index in [4.69, 9.17) is 10.7 Å². The zero-order valence-corrected chi connectivity index (χ0v) is 17.8. The molecule has 0 unspecified atom stereocenters. The summed E-state index contributed by atoms with van der Waals surface area (Å²) in [5, 5.41) is 16.0. The lowest BCUT2D eigenvalue weighted by atomic mass is 9.79. The molecule has 1 aliphatic carbocycles. The van der Waals surface area contributed by atoms with Crippen LogP contribution in [0.3, 0.4) is 0 Å². The quantitative estimate of drug-likeness (QED) is 0.456. The van der Waals surface area contributed by atoms with Gasteiger partial charge < -0.3 is 10.8 Å². The van der Waals surface area contributed by atoms with Crippen molar-refractivity contribution in [2.24, 2.45) is 5.92 Å². The molecule has 0 saturated heterocycles. The number of rotatable bonds is 4. The lowest BCUT2D eigenvalue weighted by Gasteiger charge is -2.27. The molecule has 0 aliphatic heterocycles. The maximum absolute atomic E-state index is 12.5. The van der Waals surface area contributed by atoms with Crippen LogP contribution in [-0.2, 0) is 4.79 Å². The number of aromatic nitrogens is 3. The summed E-state index contributed by atoms with van der Waals surface area (Å²) >= 11 is 0. The van der Waals surface area contributed by atoms with Crippen LogP contribution in [0, 0.1) is 5.92 Å². The molecule has 1 saturated carbocycles. The standard InChI is InChI=1S/C25H24N4O3/c1-14(30)21-22(16-7-9-17(10-8-16)25(31)32)28-24-20(13-27-29(24)23(21)26)19-11-6-15-4-2-3-5-18(15)12-19/h2-6,11-13,16-17H,7-10,26H2,1H3,(H,31,32)/t16-,17-. The number of fused-ring (bicyclic) bond motifs is 2. The summed E-state index contributed by atoms with van der Waals surface area (Å²) in [5.74, 6) is -0.972. The van der Waals surface area contributed by atoms with Gasteiger partial charge in [0.25, 0.3) is 0 Å². The number of nitrogens with zero attached hydrogens (tertiary/aromatic N) is 3. The van der Waals surface area contributed by atoms with Crippen LogP contribution in [0.5, 0.6) is 0 Å². The molecule has 0 amide bonds. The third-order valence-electron chi connectivity index (χ3n) is 6.59. The summed E-state index contributed by atoms with van der Waals surface area (Å²) in [4.78, 5) is 28.8. The fourth-order valence-corrected chi connectivity index (χ4v) is 4.86. The van der Waals surface area contributed by atoms with E-state index in [-0.39, 0.29) is 23.4 Å². The first kappa shape index (κ1) is 20.2. The molecule has 0 bridgehead atoms. The number of anilines is 1. The van der Waals surface area contributed by atoms with Crippen molar-refractivity contribution in [2.75, 3.05) is 5.73 Å². The third-order valence-corrected chi connectivity index (χ3v) is 6.59. The first-order valence-corrected chi connectivity index (χ1v) is 10.8. The van der Waals surface area contributed by atoms with Crippen LogP contribution in [0.15, 0.2) is 48.7 Å². The Hall–Kier alpha value is -3.74. The van der Waals surface area contributed by atoms with Crippen LogP contribution in [0.2, 0.25) is 0 Å². The summed E-state index contributed by atoms with van der Waals surface area (Å²) in [7, 11) is 0. The molecule has 0 radical (unpaired) electrons. The first-order chi connectivity index (χ1) is 15.4. The molecule has 1 aliphatic rings. The molecule has 2 heterocycles. The average molecular weight is 428 g/mol. The van der Waals surface area contributed by atoms with E-state index in [0.29, 0.717) is 42.6 Å². The van der Waals surface area contributed by atoms with Crippen molar-refractivity contribution in [3.8, 4) is 11.1 Å². The number of nitrogens with two attached hydrogens (primary N) is 1. The highest BCUT2D eigenvalue weighted by molar-refractivity contribution is 6.00. The number of ketones is 1. The fourth-order valence-electron chi connectivity index (χ4n) is 4.86. The Morgan fingerprint density at radius 2 is 1.78 bits per heavy atom. The van der Waals surface area contributed by atoms with Gasteiger partial charge in [-0.05, 0) is 55.0 Å². The Labute approximate surface area is 184 Å². The fraction of sp³-hybridized carbons (Fsp3) is 0.280. The number of hydrogen-bond acceptors (Lipinski definition) is 5. The van der Waals surface area contributed by atoms with Crippen molar-refractivity contribution in [2.45, 2.75) is 38.5 Å². The zero-order chi connectivity index (χ0) is 22.4. The Morgan fingerprint density at radius 3 is 2.47 bits per heavy atom. The molecule has 162 valence electrons. The summed E-state index contributed by atoms with van der Waals surface area (Å²) in [5.41, 5.74) is 9.91. The molecule has 7 nitrogen and oxygen atoms in total. The SMILES string of the molecule is CC(=O)c1c(N)n2ncc(-c3ccc4ccccc4c3)c2nc1[C@H]1CC[C@H](C(=O)O)CC1. The number of hydrogen-bond donors (Lipinski definition) is 2. The molecule has 2 aromatic heterocycles. The minimum absolute atomic E-state index is 0.00356. The van der Waals surface area contributed by atoms with Crippen molar-refractivity contribution in [3.05, 3.63) is 59.9 Å². The smallest absolute Gasteiger partial charge is 0.306 e. The van der Waals surface area contributed by atoms with Crippen molar-refractivity contribution < 1.29 is 14.7 Å². The van der Waals surface area contributed by atoms with Gasteiger partial charge in [0.15, 0.2) is 11.4 Å². The first-order valence-electron chi connectivity index (χ1n) is 10.8. The number of benzene rings is 2. The van der Waals surface area contributed by atoms with E-state index >= 15 is 0 Å². The Balaban J connectivity index is 1.64. The molecule has 2 aromatic carbocycles. The maximum atomic E-state index is 12.5. The molecule has 0 atom stereocenters. The van der Waals surface area contributed by atoms with Crippen LogP contribution in [0.25, 0.3) is 27.5 Å². The number of carboxylic acid groups (broad SMARTS) is 1. The highest BCUT2D eigenvalue weighted by Gasteiger charge is 2.31. The number of carboxylic acids is 1. The monoisotopic (exact) mass is 428 g/mol. The van der Waals surface area contributed by atoms with Gasteiger partial charge in [0, 0.05) is 11.5 Å². The molecule has 4 aromatic rings. The minimum Gasteiger partial charge on any atom is -0.481 e. The van der Waals surface area contributed by atoms with Gasteiger partial charge in [0.1, 0.15) is 5.82 Å². The number of aliphatic carboxylic acids is 1. The van der Waals surface area contributed by atoms with Gasteiger partial charge in [0.05, 0.1) is 23.4 Å². The Morgan fingerprint density at radius 1 is 1.06 bits per heavy atom. The number of Topliss-reactive ketones (excluding diaryl/α,β-unsaturated/α-hetero) is 1. The largest absolute Gasteiger partial charge is 0.481 e. The van der Waals surface area contributed by atoms with Gasteiger partial charge in [-0.15, -0.1) is 0 Å². The topological polar surface area (TPSA) is 111 Å². The van der Waals surface area contributed by atoms with Gasteiger partial charge in [-0.3, -0.25) is 9.59 Å². The average Bonchev–Trinajstić information content (AvgIpc) is 3.23. The molecular weight excluding hydrogens is 404 g/mol. The predicted molar refractivity (Wildman–Crippen MR) is 123 cm³/mol. The van der Waals surface area contributed by atoms with E-state index in [0.717, 1.165) is 21.9 Å². The minimum atomic E-state index is -0.757. The molecule has 1 fully saturated rings. The number of nitrogen functional groups attached to an aromatic ring is 1. The third kappa shape index (κ3) is 3.30. The van der Waals surface area contributed by atoms with Crippen LogP contribution < -0.4 is 5.73 Å². The van der Waals surface area contributed by atoms with E-state index in [1.807, 2.05) is 18.2 Å². The van der Waals surface area contributed by atoms with Gasteiger partial charge in [-0.2, -0.15) is 9.61 Å². The highest BCUT2D eigenvalue weighted by atomic mass is 16.4. The van der Waals surface area contributed by atoms with Crippen molar-refractivity contribution in [3.63, 3.8) is 0 Å². The van der Waals surface area contributed by atoms with E-state index in [2.05, 4.69) is 29.4 Å². The molecule has 32 heavy (non-hydrogen) atoms. The molecule has 3 N–H and O–H groups in total. The number of carbonyl (C=O) groups excluding carboxylic acids is 1.